The van der Waals surface area contributed by atoms with Crippen molar-refractivity contribution in [3.63, 3.8) is 0 Å². The van der Waals surface area contributed by atoms with Crippen LogP contribution in [-0.2, 0) is 17.5 Å². The number of carboxylic acid groups (broad SMARTS) is 1. The summed E-state index contributed by atoms with van der Waals surface area (Å²) in [6.07, 6.45) is -3.73. The number of alkyl halides is 3. The van der Waals surface area contributed by atoms with Gasteiger partial charge in [0.2, 0.25) is 0 Å². The lowest BCUT2D eigenvalue weighted by Gasteiger charge is -2.19. The van der Waals surface area contributed by atoms with E-state index < -0.39 is 59.3 Å². The Morgan fingerprint density at radius 3 is 2.51 bits per heavy atom. The molecule has 0 saturated carbocycles. The first kappa shape index (κ1) is 25.7. The first-order valence-electron chi connectivity index (χ1n) is 9.77. The molecule has 0 fully saturated rings. The fourth-order valence-electron chi connectivity index (χ4n) is 3.22. The summed E-state index contributed by atoms with van der Waals surface area (Å²) in [7, 11) is 0. The zero-order chi connectivity index (χ0) is 26.1. The maximum Gasteiger partial charge on any atom is 0.432 e. The van der Waals surface area contributed by atoms with Gasteiger partial charge in [-0.1, -0.05) is 11.6 Å². The molecule has 2 aromatic heterocycles. The van der Waals surface area contributed by atoms with E-state index in [-0.39, 0.29) is 27.0 Å². The lowest BCUT2D eigenvalue weighted by Crippen LogP contribution is -2.44. The van der Waals surface area contributed by atoms with E-state index in [4.69, 9.17) is 26.2 Å². The fraction of sp³-hybridized carbons (Fsp3) is 0.238. The highest BCUT2D eigenvalue weighted by Gasteiger charge is 2.38. The van der Waals surface area contributed by atoms with E-state index in [1.165, 1.54) is 25.3 Å². The molecule has 1 aromatic carbocycles. The van der Waals surface area contributed by atoms with Crippen molar-refractivity contribution in [2.75, 3.05) is 6.61 Å². The van der Waals surface area contributed by atoms with Gasteiger partial charge in [-0.3, -0.25) is 9.36 Å². The van der Waals surface area contributed by atoms with Gasteiger partial charge < -0.3 is 14.6 Å². The molecular formula is C21H16ClF4N3O6. The fourth-order valence-corrected chi connectivity index (χ4v) is 3.41. The molecule has 9 nitrogen and oxygen atoms in total. The number of nitrogens with zero attached hydrogens (tertiary/aromatic N) is 3. The van der Waals surface area contributed by atoms with Gasteiger partial charge in [-0.2, -0.15) is 13.2 Å². The molecular weight excluding hydrogens is 502 g/mol. The Labute approximate surface area is 198 Å². The van der Waals surface area contributed by atoms with Crippen LogP contribution in [0.3, 0.4) is 0 Å². The summed E-state index contributed by atoms with van der Waals surface area (Å²) in [6, 6.07) is 4.28. The standard InChI is InChI=1S/C21H16ClF4N3O6/c1-3-28-17(21(24,25)26)10(2)19(32)29(20(28)33)13-8-15(11(22)7-12(13)23)35-14-5-4-6-27-18(14)34-9-16(30)31/h4-8H,3,9H2,1-2H3,(H,30,31). The highest BCUT2D eigenvalue weighted by molar-refractivity contribution is 6.32. The third-order valence-corrected chi connectivity index (χ3v) is 4.98. The number of aliphatic carboxylic acids is 1. The van der Waals surface area contributed by atoms with Crippen LogP contribution in [-0.4, -0.2) is 31.8 Å². The SMILES string of the molecule is CCn1c(C(F)(F)F)c(C)c(=O)n(-c2cc(Oc3cccnc3OCC(=O)O)c(Cl)cc2F)c1=O. The predicted octanol–water partition coefficient (Wildman–Crippen LogP) is 3.79. The minimum absolute atomic E-state index is 0.143. The lowest BCUT2D eigenvalue weighted by atomic mass is 10.2. The van der Waals surface area contributed by atoms with Crippen LogP contribution >= 0.6 is 11.6 Å². The average Bonchev–Trinajstić information content (AvgIpc) is 2.77. The zero-order valence-corrected chi connectivity index (χ0v) is 18.8. The number of carboxylic acids is 1. The quantitative estimate of drug-likeness (QED) is 0.474. The van der Waals surface area contributed by atoms with Crippen LogP contribution in [0.5, 0.6) is 17.4 Å². The van der Waals surface area contributed by atoms with Gasteiger partial charge in [0.05, 0.1) is 10.7 Å². The van der Waals surface area contributed by atoms with Gasteiger partial charge in [0.1, 0.15) is 17.3 Å². The summed E-state index contributed by atoms with van der Waals surface area (Å²) in [5, 5.41) is 8.46. The van der Waals surface area contributed by atoms with Crippen LogP contribution in [0, 0.1) is 12.7 Å². The molecule has 3 aromatic rings. The molecule has 0 spiro atoms. The predicted molar refractivity (Wildman–Crippen MR) is 114 cm³/mol. The largest absolute Gasteiger partial charge is 0.479 e. The normalized spacial score (nSPS) is 11.4. The lowest BCUT2D eigenvalue weighted by molar-refractivity contribution is -0.145. The number of carbonyl (C=O) groups is 1. The second-order valence-electron chi connectivity index (χ2n) is 6.96. The molecule has 35 heavy (non-hydrogen) atoms. The molecule has 0 radical (unpaired) electrons. The number of pyridine rings is 1. The van der Waals surface area contributed by atoms with E-state index in [9.17, 15) is 31.9 Å². The summed E-state index contributed by atoms with van der Waals surface area (Å²) in [4.78, 5) is 40.2. The number of halogens is 5. The molecule has 0 saturated heterocycles. The maximum absolute atomic E-state index is 14.8. The summed E-state index contributed by atoms with van der Waals surface area (Å²) < 4.78 is 66.5. The Balaban J connectivity index is 2.19. The first-order valence-corrected chi connectivity index (χ1v) is 10.1. The van der Waals surface area contributed by atoms with Crippen molar-refractivity contribution in [3.8, 4) is 23.1 Å². The minimum atomic E-state index is -5.00. The summed E-state index contributed by atoms with van der Waals surface area (Å²) in [5.41, 5.74) is -5.77. The second kappa shape index (κ2) is 9.78. The third-order valence-electron chi connectivity index (χ3n) is 4.69. The molecule has 2 heterocycles. The van der Waals surface area contributed by atoms with E-state index in [0.29, 0.717) is 10.6 Å². The van der Waals surface area contributed by atoms with Crippen LogP contribution in [0.2, 0.25) is 5.02 Å². The van der Waals surface area contributed by atoms with Crippen LogP contribution in [0.15, 0.2) is 40.1 Å². The highest BCUT2D eigenvalue weighted by atomic mass is 35.5. The van der Waals surface area contributed by atoms with Crippen molar-refractivity contribution in [2.45, 2.75) is 26.6 Å². The first-order chi connectivity index (χ1) is 16.4. The Hall–Kier alpha value is -3.87. The van der Waals surface area contributed by atoms with Gasteiger partial charge in [-0.15, -0.1) is 0 Å². The molecule has 0 atom stereocenters. The van der Waals surface area contributed by atoms with Gasteiger partial charge >= 0.3 is 17.8 Å². The number of ether oxygens (including phenoxy) is 2. The van der Waals surface area contributed by atoms with Crippen molar-refractivity contribution in [1.29, 1.82) is 0 Å². The molecule has 0 amide bonds. The topological polar surface area (TPSA) is 113 Å². The van der Waals surface area contributed by atoms with Crippen LogP contribution in [0.25, 0.3) is 5.69 Å². The molecule has 1 N–H and O–H groups in total. The molecule has 3 rings (SSSR count). The van der Waals surface area contributed by atoms with Gasteiger partial charge in [0.25, 0.3) is 11.4 Å². The Kier molecular flexibility index (Phi) is 7.19. The Morgan fingerprint density at radius 2 is 1.91 bits per heavy atom. The van der Waals surface area contributed by atoms with Gasteiger partial charge in [-0.25, -0.2) is 23.5 Å². The van der Waals surface area contributed by atoms with Gasteiger partial charge in [0, 0.05) is 24.4 Å². The van der Waals surface area contributed by atoms with Crippen molar-refractivity contribution in [3.05, 3.63) is 73.4 Å². The molecule has 0 aliphatic heterocycles. The van der Waals surface area contributed by atoms with Crippen LogP contribution in [0.1, 0.15) is 18.2 Å². The Morgan fingerprint density at radius 1 is 1.23 bits per heavy atom. The highest BCUT2D eigenvalue weighted by Crippen LogP contribution is 2.36. The minimum Gasteiger partial charge on any atom is -0.479 e. The van der Waals surface area contributed by atoms with Crippen molar-refractivity contribution in [1.82, 2.24) is 14.1 Å². The number of hydrogen-bond acceptors (Lipinski definition) is 6. The van der Waals surface area contributed by atoms with E-state index in [1.807, 2.05) is 0 Å². The molecule has 0 unspecified atom stereocenters. The monoisotopic (exact) mass is 517 g/mol. The zero-order valence-electron chi connectivity index (χ0n) is 18.0. The van der Waals surface area contributed by atoms with Gasteiger partial charge in [0.15, 0.2) is 12.4 Å². The average molecular weight is 518 g/mol. The molecule has 0 bridgehead atoms. The maximum atomic E-state index is 14.8. The summed E-state index contributed by atoms with van der Waals surface area (Å²) in [5.74, 6) is -3.20. The second-order valence-corrected chi connectivity index (χ2v) is 7.37. The summed E-state index contributed by atoms with van der Waals surface area (Å²) in [6.45, 7) is 0.929. The van der Waals surface area contributed by atoms with Crippen LogP contribution in [0.4, 0.5) is 17.6 Å². The molecule has 186 valence electrons. The van der Waals surface area contributed by atoms with Crippen molar-refractivity contribution in [2.24, 2.45) is 0 Å². The Bertz CT molecular complexity index is 1420. The summed E-state index contributed by atoms with van der Waals surface area (Å²) >= 11 is 6.03. The van der Waals surface area contributed by atoms with E-state index >= 15 is 0 Å². The van der Waals surface area contributed by atoms with E-state index in [1.54, 1.807) is 0 Å². The van der Waals surface area contributed by atoms with Crippen LogP contribution < -0.4 is 20.7 Å². The van der Waals surface area contributed by atoms with Crippen molar-refractivity contribution >= 4 is 17.6 Å². The smallest absolute Gasteiger partial charge is 0.432 e. The molecule has 0 aliphatic carbocycles. The number of hydrogen-bond donors (Lipinski definition) is 1. The third kappa shape index (κ3) is 5.14. The van der Waals surface area contributed by atoms with Crippen molar-refractivity contribution < 1.29 is 36.9 Å². The van der Waals surface area contributed by atoms with E-state index in [0.717, 1.165) is 13.0 Å². The number of rotatable bonds is 7. The number of aromatic nitrogens is 3. The van der Waals surface area contributed by atoms with Gasteiger partial charge in [-0.05, 0) is 32.0 Å². The van der Waals surface area contributed by atoms with E-state index in [2.05, 4.69) is 4.98 Å². The number of benzene rings is 1. The molecule has 0 aliphatic rings. The molecule has 14 heteroatoms.